The third-order valence-corrected chi connectivity index (χ3v) is 6.17. The van der Waals surface area contributed by atoms with E-state index in [1.54, 1.807) is 0 Å². The molecule has 2 nitrogen and oxygen atoms in total. The van der Waals surface area contributed by atoms with Crippen molar-refractivity contribution in [3.8, 4) is 0 Å². The molecule has 0 N–H and O–H groups in total. The van der Waals surface area contributed by atoms with Crippen LogP contribution < -0.4 is 0 Å². The second kappa shape index (κ2) is 5.78. The lowest BCUT2D eigenvalue weighted by Crippen LogP contribution is -2.38. The summed E-state index contributed by atoms with van der Waals surface area (Å²) in [6.07, 6.45) is 6.91. The van der Waals surface area contributed by atoms with Crippen LogP contribution in [0.2, 0.25) is 5.02 Å². The van der Waals surface area contributed by atoms with Gasteiger partial charge in [0.1, 0.15) is 11.3 Å². The first-order valence-corrected chi connectivity index (χ1v) is 9.07. The van der Waals surface area contributed by atoms with Gasteiger partial charge < -0.3 is 4.57 Å². The molecular formula is C15H18Cl2N2S. The van der Waals surface area contributed by atoms with E-state index in [9.17, 15) is 0 Å². The van der Waals surface area contributed by atoms with Gasteiger partial charge in [-0.15, -0.1) is 11.6 Å². The molecule has 108 valence electrons. The molecule has 3 rings (SSSR count). The van der Waals surface area contributed by atoms with E-state index < -0.39 is 0 Å². The van der Waals surface area contributed by atoms with Gasteiger partial charge in [-0.1, -0.05) is 24.1 Å². The van der Waals surface area contributed by atoms with Crippen molar-refractivity contribution < 1.29 is 0 Å². The number of thioether (sulfide) groups is 1. The molecule has 0 aliphatic heterocycles. The number of aromatic nitrogens is 2. The molecule has 1 aromatic carbocycles. The zero-order valence-corrected chi connectivity index (χ0v) is 13.9. The zero-order valence-electron chi connectivity index (χ0n) is 11.5. The highest BCUT2D eigenvalue weighted by Crippen LogP contribution is 2.45. The minimum atomic E-state index is 0.372. The van der Waals surface area contributed by atoms with Crippen molar-refractivity contribution in [3.05, 3.63) is 29.0 Å². The molecule has 0 bridgehead atoms. The number of fused-ring (bicyclic) bond motifs is 1. The van der Waals surface area contributed by atoms with Crippen molar-refractivity contribution in [2.24, 2.45) is 0 Å². The van der Waals surface area contributed by atoms with Gasteiger partial charge >= 0.3 is 0 Å². The van der Waals surface area contributed by atoms with Gasteiger partial charge in [-0.05, 0) is 31.2 Å². The van der Waals surface area contributed by atoms with Gasteiger partial charge in [-0.2, -0.15) is 11.8 Å². The minimum Gasteiger partial charge on any atom is -0.326 e. The smallest absolute Gasteiger partial charge is 0.111 e. The number of benzene rings is 1. The highest BCUT2D eigenvalue weighted by Gasteiger charge is 2.37. The summed E-state index contributed by atoms with van der Waals surface area (Å²) in [5, 5.41) is 0.726. The minimum absolute atomic E-state index is 0.372. The second-order valence-corrected chi connectivity index (χ2v) is 7.46. The summed E-state index contributed by atoms with van der Waals surface area (Å²) < 4.78 is 2.70. The van der Waals surface area contributed by atoms with Crippen molar-refractivity contribution in [1.29, 1.82) is 0 Å². The Morgan fingerprint density at radius 1 is 1.40 bits per heavy atom. The van der Waals surface area contributed by atoms with Crippen molar-refractivity contribution in [3.63, 3.8) is 0 Å². The van der Waals surface area contributed by atoms with E-state index >= 15 is 0 Å². The quantitative estimate of drug-likeness (QED) is 0.736. The summed E-state index contributed by atoms with van der Waals surface area (Å²) in [5.74, 6) is 1.65. The Morgan fingerprint density at radius 2 is 2.20 bits per heavy atom. The van der Waals surface area contributed by atoms with Crippen LogP contribution in [0, 0.1) is 0 Å². The lowest BCUT2D eigenvalue weighted by atomic mass is 9.84. The Kier molecular flexibility index (Phi) is 4.21. The van der Waals surface area contributed by atoms with Gasteiger partial charge in [0.05, 0.1) is 10.5 Å². The van der Waals surface area contributed by atoms with E-state index in [1.165, 1.54) is 19.3 Å². The first kappa shape index (κ1) is 14.6. The lowest BCUT2D eigenvalue weighted by molar-refractivity contribution is 0.322. The molecule has 1 heterocycles. The number of alkyl halides is 1. The molecule has 0 radical (unpaired) electrons. The van der Waals surface area contributed by atoms with Crippen LogP contribution in [0.4, 0.5) is 0 Å². The number of halogens is 2. The van der Waals surface area contributed by atoms with Crippen LogP contribution in [-0.4, -0.2) is 26.4 Å². The monoisotopic (exact) mass is 328 g/mol. The molecule has 1 saturated carbocycles. The predicted octanol–water partition coefficient (Wildman–Crippen LogP) is 4.76. The Hall–Kier alpha value is -0.380. The number of hydrogen-bond acceptors (Lipinski definition) is 2. The van der Waals surface area contributed by atoms with Gasteiger partial charge in [0, 0.05) is 23.6 Å². The normalized spacial score (nSPS) is 17.4. The molecule has 0 amide bonds. The maximum Gasteiger partial charge on any atom is 0.111 e. The van der Waals surface area contributed by atoms with Crippen molar-refractivity contribution >= 4 is 46.0 Å². The maximum atomic E-state index is 6.28. The summed E-state index contributed by atoms with van der Waals surface area (Å²) in [6.45, 7) is 1.01. The molecule has 0 spiro atoms. The summed E-state index contributed by atoms with van der Waals surface area (Å²) in [5.41, 5.74) is 2.04. The van der Waals surface area contributed by atoms with E-state index in [0.717, 1.165) is 34.8 Å². The van der Waals surface area contributed by atoms with E-state index in [1.807, 2.05) is 23.9 Å². The fourth-order valence-electron chi connectivity index (χ4n) is 2.90. The summed E-state index contributed by atoms with van der Waals surface area (Å²) in [6, 6.07) is 6.01. The molecule has 20 heavy (non-hydrogen) atoms. The fraction of sp³-hybridized carbons (Fsp3) is 0.533. The highest BCUT2D eigenvalue weighted by molar-refractivity contribution is 8.00. The predicted molar refractivity (Wildman–Crippen MR) is 89.3 cm³/mol. The van der Waals surface area contributed by atoms with Crippen LogP contribution in [0.15, 0.2) is 18.2 Å². The van der Waals surface area contributed by atoms with E-state index in [0.29, 0.717) is 10.6 Å². The van der Waals surface area contributed by atoms with Crippen LogP contribution in [0.25, 0.3) is 11.0 Å². The Morgan fingerprint density at radius 3 is 2.80 bits per heavy atom. The Balaban J connectivity index is 2.07. The lowest BCUT2D eigenvalue weighted by Gasteiger charge is -2.41. The van der Waals surface area contributed by atoms with Crippen LogP contribution >= 0.6 is 35.0 Å². The van der Waals surface area contributed by atoms with Gasteiger partial charge in [0.25, 0.3) is 0 Å². The third kappa shape index (κ3) is 2.44. The molecule has 1 aromatic heterocycles. The van der Waals surface area contributed by atoms with E-state index in [2.05, 4.69) is 16.9 Å². The molecular weight excluding hydrogens is 311 g/mol. The topological polar surface area (TPSA) is 17.8 Å². The number of hydrogen-bond donors (Lipinski definition) is 0. The average Bonchev–Trinajstić information content (AvgIpc) is 2.74. The van der Waals surface area contributed by atoms with Crippen LogP contribution in [0.1, 0.15) is 25.1 Å². The summed E-state index contributed by atoms with van der Waals surface area (Å²) in [4.78, 5) is 4.72. The average molecular weight is 329 g/mol. The number of aryl methyl sites for hydroxylation is 1. The summed E-state index contributed by atoms with van der Waals surface area (Å²) >= 11 is 14.2. The van der Waals surface area contributed by atoms with Gasteiger partial charge in [-0.25, -0.2) is 4.98 Å². The maximum absolute atomic E-state index is 6.28. The van der Waals surface area contributed by atoms with Gasteiger partial charge in [0.15, 0.2) is 0 Å². The van der Waals surface area contributed by atoms with Crippen LogP contribution in [0.5, 0.6) is 0 Å². The molecule has 5 heteroatoms. The number of para-hydroxylation sites is 1. The zero-order chi connectivity index (χ0) is 14.2. The molecule has 0 unspecified atom stereocenters. The van der Waals surface area contributed by atoms with Crippen LogP contribution in [0.3, 0.4) is 0 Å². The van der Waals surface area contributed by atoms with E-state index in [4.69, 9.17) is 28.2 Å². The first-order valence-electron chi connectivity index (χ1n) is 6.94. The molecule has 1 aliphatic rings. The van der Waals surface area contributed by atoms with Crippen LogP contribution in [-0.2, 0) is 13.0 Å². The second-order valence-electron chi connectivity index (χ2n) is 5.40. The van der Waals surface area contributed by atoms with Gasteiger partial charge in [-0.3, -0.25) is 0 Å². The fourth-order valence-corrected chi connectivity index (χ4v) is 4.23. The molecule has 0 saturated heterocycles. The first-order chi connectivity index (χ1) is 9.69. The van der Waals surface area contributed by atoms with Crippen molar-refractivity contribution in [1.82, 2.24) is 9.55 Å². The molecule has 1 fully saturated rings. The molecule has 2 aromatic rings. The third-order valence-electron chi connectivity index (χ3n) is 4.27. The van der Waals surface area contributed by atoms with Gasteiger partial charge in [0.2, 0.25) is 0 Å². The Bertz CT molecular complexity index is 614. The largest absolute Gasteiger partial charge is 0.326 e. The molecule has 0 atom stereocenters. The standard InChI is InChI=1S/C15H18Cl2N2S/c1-20-15(7-3-8-15)10-19-12-5-2-4-11(17)14(12)18-13(19)6-9-16/h2,4-5H,3,6-10H2,1H3. The van der Waals surface area contributed by atoms with E-state index in [-0.39, 0.29) is 0 Å². The molecule has 1 aliphatic carbocycles. The number of imidazole rings is 1. The number of nitrogens with zero attached hydrogens (tertiary/aromatic N) is 2. The highest BCUT2D eigenvalue weighted by atomic mass is 35.5. The number of rotatable bonds is 5. The van der Waals surface area contributed by atoms with Crippen molar-refractivity contribution in [2.75, 3.05) is 12.1 Å². The Labute approximate surface area is 133 Å². The summed E-state index contributed by atoms with van der Waals surface area (Å²) in [7, 11) is 0. The SMILES string of the molecule is CSC1(Cn2c(CCCl)nc3c(Cl)cccc32)CCC1. The van der Waals surface area contributed by atoms with Crippen molar-refractivity contribution in [2.45, 2.75) is 37.0 Å².